The lowest BCUT2D eigenvalue weighted by molar-refractivity contribution is 0.305. The number of hydrogen-bond donors (Lipinski definition) is 1. The van der Waals surface area contributed by atoms with Gasteiger partial charge in [0.25, 0.3) is 0 Å². The van der Waals surface area contributed by atoms with E-state index in [1.807, 2.05) is 6.07 Å². The van der Waals surface area contributed by atoms with E-state index < -0.39 is 0 Å². The SMILES string of the molecule is c1ccc(CCCN[C@H]2CC[C@@H](c3ccc(OCc4ccccc4)cc3)CC2)cc1. The molecule has 1 N–H and O–H groups in total. The van der Waals surface area contributed by atoms with E-state index in [2.05, 4.69) is 84.2 Å². The molecule has 0 unspecified atom stereocenters. The van der Waals surface area contributed by atoms with Gasteiger partial charge in [0.15, 0.2) is 0 Å². The Bertz CT molecular complexity index is 852. The summed E-state index contributed by atoms with van der Waals surface area (Å²) < 4.78 is 5.93. The van der Waals surface area contributed by atoms with Crippen LogP contribution < -0.4 is 10.1 Å². The van der Waals surface area contributed by atoms with E-state index in [4.69, 9.17) is 4.74 Å². The molecule has 0 radical (unpaired) electrons. The highest BCUT2D eigenvalue weighted by atomic mass is 16.5. The molecule has 3 aromatic carbocycles. The molecular formula is C28H33NO. The normalized spacial score (nSPS) is 18.8. The predicted octanol–water partition coefficient (Wildman–Crippen LogP) is 6.51. The molecule has 0 heterocycles. The number of hydrogen-bond acceptors (Lipinski definition) is 2. The van der Waals surface area contributed by atoms with Crippen LogP contribution in [0.5, 0.6) is 5.75 Å². The zero-order valence-corrected chi connectivity index (χ0v) is 17.8. The third-order valence-corrected chi connectivity index (χ3v) is 6.25. The van der Waals surface area contributed by atoms with Crippen LogP contribution in [0.2, 0.25) is 0 Å². The second kappa shape index (κ2) is 11.0. The average molecular weight is 400 g/mol. The van der Waals surface area contributed by atoms with E-state index in [0.717, 1.165) is 12.3 Å². The van der Waals surface area contributed by atoms with E-state index in [-0.39, 0.29) is 0 Å². The Kier molecular flexibility index (Phi) is 7.57. The second-order valence-electron chi connectivity index (χ2n) is 8.44. The van der Waals surface area contributed by atoms with Gasteiger partial charge in [-0.1, -0.05) is 72.8 Å². The molecule has 2 nitrogen and oxygen atoms in total. The molecule has 3 aromatic rings. The quantitative estimate of drug-likeness (QED) is 0.414. The summed E-state index contributed by atoms with van der Waals surface area (Å²) in [6, 6.07) is 30.6. The Hall–Kier alpha value is -2.58. The summed E-state index contributed by atoms with van der Waals surface area (Å²) in [7, 11) is 0. The van der Waals surface area contributed by atoms with Crippen LogP contribution in [0.1, 0.15) is 54.7 Å². The van der Waals surface area contributed by atoms with Gasteiger partial charge in [-0.15, -0.1) is 0 Å². The van der Waals surface area contributed by atoms with E-state index in [1.165, 1.54) is 55.2 Å². The fraction of sp³-hybridized carbons (Fsp3) is 0.357. The van der Waals surface area contributed by atoms with Gasteiger partial charge in [-0.2, -0.15) is 0 Å². The first-order valence-corrected chi connectivity index (χ1v) is 11.4. The molecule has 4 rings (SSSR count). The van der Waals surface area contributed by atoms with Gasteiger partial charge in [-0.3, -0.25) is 0 Å². The largest absolute Gasteiger partial charge is 0.489 e. The van der Waals surface area contributed by atoms with Crippen molar-refractivity contribution in [3.8, 4) is 5.75 Å². The van der Waals surface area contributed by atoms with E-state index in [0.29, 0.717) is 18.6 Å². The Labute approximate surface area is 181 Å². The van der Waals surface area contributed by atoms with Crippen LogP contribution in [0.4, 0.5) is 0 Å². The first-order chi connectivity index (χ1) is 14.9. The van der Waals surface area contributed by atoms with Crippen molar-refractivity contribution in [2.75, 3.05) is 6.54 Å². The topological polar surface area (TPSA) is 21.3 Å². The highest BCUT2D eigenvalue weighted by Gasteiger charge is 2.21. The van der Waals surface area contributed by atoms with Crippen molar-refractivity contribution in [1.82, 2.24) is 5.32 Å². The van der Waals surface area contributed by atoms with Gasteiger partial charge >= 0.3 is 0 Å². The van der Waals surface area contributed by atoms with Gasteiger partial charge < -0.3 is 10.1 Å². The summed E-state index contributed by atoms with van der Waals surface area (Å²) in [6.07, 6.45) is 7.50. The van der Waals surface area contributed by atoms with Gasteiger partial charge in [-0.05, 0) is 79.8 Å². The summed E-state index contributed by atoms with van der Waals surface area (Å²) in [5, 5.41) is 3.79. The zero-order chi connectivity index (χ0) is 20.4. The second-order valence-corrected chi connectivity index (χ2v) is 8.44. The minimum atomic E-state index is 0.626. The minimum Gasteiger partial charge on any atom is -0.489 e. The number of aryl methyl sites for hydroxylation is 1. The summed E-state index contributed by atoms with van der Waals surface area (Å²) in [5.41, 5.74) is 4.11. The fourth-order valence-electron chi connectivity index (χ4n) is 4.45. The Balaban J connectivity index is 1.16. The summed E-state index contributed by atoms with van der Waals surface area (Å²) in [5.74, 6) is 1.65. The van der Waals surface area contributed by atoms with Crippen molar-refractivity contribution >= 4 is 0 Å². The highest BCUT2D eigenvalue weighted by Crippen LogP contribution is 2.33. The minimum absolute atomic E-state index is 0.626. The smallest absolute Gasteiger partial charge is 0.119 e. The van der Waals surface area contributed by atoms with Crippen LogP contribution in [0.3, 0.4) is 0 Å². The molecule has 0 bridgehead atoms. The van der Waals surface area contributed by atoms with Crippen LogP contribution in [0, 0.1) is 0 Å². The monoisotopic (exact) mass is 399 g/mol. The van der Waals surface area contributed by atoms with Crippen molar-refractivity contribution in [3.05, 3.63) is 102 Å². The standard InChI is InChI=1S/C28H33NO/c1-3-8-23(9-4-1)12-7-21-29-27-17-13-25(14-18-27)26-15-19-28(20-16-26)30-22-24-10-5-2-6-11-24/h1-6,8-11,15-16,19-20,25,27,29H,7,12-14,17-18,21-22H2/t25-,27+. The predicted molar refractivity (Wildman–Crippen MR) is 125 cm³/mol. The molecule has 156 valence electrons. The lowest BCUT2D eigenvalue weighted by Crippen LogP contribution is -2.33. The Morgan fingerprint density at radius 2 is 1.33 bits per heavy atom. The van der Waals surface area contributed by atoms with Gasteiger partial charge in [0, 0.05) is 6.04 Å². The van der Waals surface area contributed by atoms with Crippen LogP contribution in [0.25, 0.3) is 0 Å². The van der Waals surface area contributed by atoms with E-state index in [1.54, 1.807) is 0 Å². The molecule has 2 heteroatoms. The zero-order valence-electron chi connectivity index (χ0n) is 17.8. The fourth-order valence-corrected chi connectivity index (χ4v) is 4.45. The van der Waals surface area contributed by atoms with Gasteiger partial charge in [0.1, 0.15) is 12.4 Å². The summed E-state index contributed by atoms with van der Waals surface area (Å²) in [6.45, 7) is 1.75. The van der Waals surface area contributed by atoms with Crippen molar-refractivity contribution in [3.63, 3.8) is 0 Å². The first-order valence-electron chi connectivity index (χ1n) is 11.4. The lowest BCUT2D eigenvalue weighted by Gasteiger charge is -2.29. The van der Waals surface area contributed by atoms with Crippen LogP contribution >= 0.6 is 0 Å². The molecule has 1 fully saturated rings. The molecule has 0 aromatic heterocycles. The maximum atomic E-state index is 5.93. The van der Waals surface area contributed by atoms with Crippen LogP contribution in [-0.4, -0.2) is 12.6 Å². The Morgan fingerprint density at radius 1 is 0.700 bits per heavy atom. The molecular weight excluding hydrogens is 366 g/mol. The number of benzene rings is 3. The van der Waals surface area contributed by atoms with Crippen molar-refractivity contribution in [2.45, 2.75) is 57.1 Å². The molecule has 0 amide bonds. The Morgan fingerprint density at radius 3 is 2.00 bits per heavy atom. The highest BCUT2D eigenvalue weighted by molar-refractivity contribution is 5.30. The third-order valence-electron chi connectivity index (χ3n) is 6.25. The lowest BCUT2D eigenvalue weighted by atomic mass is 9.81. The average Bonchev–Trinajstić information content (AvgIpc) is 2.83. The number of nitrogens with one attached hydrogen (secondary N) is 1. The van der Waals surface area contributed by atoms with Crippen molar-refractivity contribution < 1.29 is 4.74 Å². The molecule has 30 heavy (non-hydrogen) atoms. The number of rotatable bonds is 9. The molecule has 1 aliphatic rings. The van der Waals surface area contributed by atoms with E-state index >= 15 is 0 Å². The molecule has 1 aliphatic carbocycles. The van der Waals surface area contributed by atoms with Gasteiger partial charge in [-0.25, -0.2) is 0 Å². The van der Waals surface area contributed by atoms with Crippen molar-refractivity contribution in [1.29, 1.82) is 0 Å². The maximum Gasteiger partial charge on any atom is 0.119 e. The molecule has 0 aliphatic heterocycles. The molecule has 0 spiro atoms. The van der Waals surface area contributed by atoms with Gasteiger partial charge in [0.2, 0.25) is 0 Å². The third kappa shape index (κ3) is 6.21. The molecule has 1 saturated carbocycles. The number of ether oxygens (including phenoxy) is 1. The van der Waals surface area contributed by atoms with E-state index in [9.17, 15) is 0 Å². The molecule has 0 atom stereocenters. The maximum absolute atomic E-state index is 5.93. The summed E-state index contributed by atoms with van der Waals surface area (Å²) in [4.78, 5) is 0. The van der Waals surface area contributed by atoms with Crippen molar-refractivity contribution in [2.24, 2.45) is 0 Å². The van der Waals surface area contributed by atoms with Crippen LogP contribution in [0.15, 0.2) is 84.9 Å². The summed E-state index contributed by atoms with van der Waals surface area (Å²) >= 11 is 0. The molecule has 0 saturated heterocycles. The first kappa shape index (κ1) is 20.7. The van der Waals surface area contributed by atoms with Gasteiger partial charge in [0.05, 0.1) is 0 Å². The van der Waals surface area contributed by atoms with Crippen LogP contribution in [-0.2, 0) is 13.0 Å².